The molecule has 0 aliphatic rings. The zero-order chi connectivity index (χ0) is 15.0. The van der Waals surface area contributed by atoms with Crippen molar-refractivity contribution in [3.63, 3.8) is 0 Å². The minimum atomic E-state index is 0.552. The van der Waals surface area contributed by atoms with Crippen molar-refractivity contribution in [3.8, 4) is 5.75 Å². The summed E-state index contributed by atoms with van der Waals surface area (Å²) < 4.78 is 12.9. The molecular weight excluding hydrogens is 386 g/mol. The molecule has 1 aromatic rings. The van der Waals surface area contributed by atoms with Crippen LogP contribution >= 0.6 is 31.9 Å². The molecule has 20 heavy (non-hydrogen) atoms. The summed E-state index contributed by atoms with van der Waals surface area (Å²) in [6, 6.07) is 4.18. The van der Waals surface area contributed by atoms with Gasteiger partial charge in [0.1, 0.15) is 12.4 Å². The van der Waals surface area contributed by atoms with Crippen LogP contribution in [0.15, 0.2) is 21.1 Å². The summed E-state index contributed by atoms with van der Waals surface area (Å²) >= 11 is 7.13. The van der Waals surface area contributed by atoms with Gasteiger partial charge in [-0.2, -0.15) is 0 Å². The van der Waals surface area contributed by atoms with Gasteiger partial charge in [0, 0.05) is 13.2 Å². The Hall–Kier alpha value is -0.100. The molecular formula is C15H23Br2NO2. The van der Waals surface area contributed by atoms with Crippen molar-refractivity contribution in [2.75, 3.05) is 26.4 Å². The lowest BCUT2D eigenvalue weighted by Crippen LogP contribution is -2.19. The third-order valence-electron chi connectivity index (χ3n) is 2.62. The molecule has 0 aliphatic carbocycles. The lowest BCUT2D eigenvalue weighted by molar-refractivity contribution is 0.109. The number of rotatable bonds is 9. The van der Waals surface area contributed by atoms with Gasteiger partial charge >= 0.3 is 0 Å². The van der Waals surface area contributed by atoms with Gasteiger partial charge in [0.15, 0.2) is 0 Å². The van der Waals surface area contributed by atoms with E-state index < -0.39 is 0 Å². The van der Waals surface area contributed by atoms with Crippen LogP contribution in [0.1, 0.15) is 26.3 Å². The predicted octanol–water partition coefficient (Wildman–Crippen LogP) is 4.37. The van der Waals surface area contributed by atoms with E-state index in [4.69, 9.17) is 9.47 Å². The van der Waals surface area contributed by atoms with E-state index in [-0.39, 0.29) is 0 Å². The number of nitrogens with one attached hydrogen (secondary N) is 1. The van der Waals surface area contributed by atoms with Gasteiger partial charge in [-0.05, 0) is 68.9 Å². The summed E-state index contributed by atoms with van der Waals surface area (Å²) in [6.07, 6.45) is 0. The topological polar surface area (TPSA) is 30.5 Å². The molecule has 5 heteroatoms. The second-order valence-electron chi connectivity index (χ2n) is 4.96. The standard InChI is InChI=1S/C15H23Br2NO2/c1-4-19-5-6-20-15-13(16)7-12(8-14(15)17)10-18-9-11(2)3/h7-8,11,18H,4-6,9-10H2,1-3H3. The zero-order valence-corrected chi connectivity index (χ0v) is 15.5. The maximum absolute atomic E-state index is 5.73. The first kappa shape index (κ1) is 18.0. The van der Waals surface area contributed by atoms with Crippen LogP contribution in [0.4, 0.5) is 0 Å². The second-order valence-corrected chi connectivity index (χ2v) is 6.67. The van der Waals surface area contributed by atoms with Gasteiger partial charge in [-0.25, -0.2) is 0 Å². The van der Waals surface area contributed by atoms with Gasteiger partial charge in [-0.15, -0.1) is 0 Å². The van der Waals surface area contributed by atoms with Gasteiger partial charge < -0.3 is 14.8 Å². The highest BCUT2D eigenvalue weighted by Crippen LogP contribution is 2.34. The molecule has 0 radical (unpaired) electrons. The Labute approximate surface area is 138 Å². The molecule has 114 valence electrons. The van der Waals surface area contributed by atoms with E-state index in [2.05, 4.69) is 63.2 Å². The molecule has 1 N–H and O–H groups in total. The summed E-state index contributed by atoms with van der Waals surface area (Å²) in [5.41, 5.74) is 1.22. The summed E-state index contributed by atoms with van der Waals surface area (Å²) in [5.74, 6) is 1.49. The Morgan fingerprint density at radius 3 is 2.35 bits per heavy atom. The first-order chi connectivity index (χ1) is 9.54. The summed E-state index contributed by atoms with van der Waals surface area (Å²) in [5, 5.41) is 3.43. The molecule has 0 heterocycles. The van der Waals surface area contributed by atoms with E-state index in [1.165, 1.54) is 5.56 Å². The van der Waals surface area contributed by atoms with Gasteiger partial charge in [-0.1, -0.05) is 13.8 Å². The van der Waals surface area contributed by atoms with E-state index in [0.717, 1.165) is 27.8 Å². The minimum absolute atomic E-state index is 0.552. The molecule has 0 aliphatic heterocycles. The van der Waals surface area contributed by atoms with E-state index >= 15 is 0 Å². The Morgan fingerprint density at radius 1 is 1.15 bits per heavy atom. The first-order valence-electron chi connectivity index (χ1n) is 6.93. The molecule has 0 saturated heterocycles. The molecule has 3 nitrogen and oxygen atoms in total. The fourth-order valence-corrected chi connectivity index (χ4v) is 3.21. The molecule has 0 saturated carbocycles. The normalized spacial score (nSPS) is 11.1. The van der Waals surface area contributed by atoms with Crippen LogP contribution in [0.2, 0.25) is 0 Å². The number of halogens is 2. The van der Waals surface area contributed by atoms with Crippen LogP contribution < -0.4 is 10.1 Å². The first-order valence-corrected chi connectivity index (χ1v) is 8.52. The molecule has 0 atom stereocenters. The molecule has 0 fully saturated rings. The van der Waals surface area contributed by atoms with Crippen LogP contribution in [-0.2, 0) is 11.3 Å². The lowest BCUT2D eigenvalue weighted by atomic mass is 10.2. The smallest absolute Gasteiger partial charge is 0.147 e. The van der Waals surface area contributed by atoms with Crippen molar-refractivity contribution in [2.45, 2.75) is 27.3 Å². The summed E-state index contributed by atoms with van der Waals surface area (Å²) in [6.45, 7) is 10.1. The number of ether oxygens (including phenoxy) is 2. The summed E-state index contributed by atoms with van der Waals surface area (Å²) in [7, 11) is 0. The fourth-order valence-electron chi connectivity index (χ4n) is 1.70. The Balaban J connectivity index is 2.56. The van der Waals surface area contributed by atoms with E-state index in [0.29, 0.717) is 25.7 Å². The Bertz CT molecular complexity index is 388. The van der Waals surface area contributed by atoms with Crippen molar-refractivity contribution in [1.82, 2.24) is 5.32 Å². The highest BCUT2D eigenvalue weighted by molar-refractivity contribution is 9.11. The molecule has 0 bridgehead atoms. The number of hydrogen-bond donors (Lipinski definition) is 1. The average molecular weight is 409 g/mol. The van der Waals surface area contributed by atoms with Gasteiger partial charge in [0.25, 0.3) is 0 Å². The van der Waals surface area contributed by atoms with E-state index in [1.54, 1.807) is 0 Å². The van der Waals surface area contributed by atoms with Crippen molar-refractivity contribution < 1.29 is 9.47 Å². The molecule has 0 amide bonds. The number of benzene rings is 1. The summed E-state index contributed by atoms with van der Waals surface area (Å²) in [4.78, 5) is 0. The van der Waals surface area contributed by atoms with Gasteiger partial charge in [0.2, 0.25) is 0 Å². The molecule has 1 rings (SSSR count). The SMILES string of the molecule is CCOCCOc1c(Br)cc(CNCC(C)C)cc1Br. The maximum Gasteiger partial charge on any atom is 0.147 e. The largest absolute Gasteiger partial charge is 0.489 e. The van der Waals surface area contributed by atoms with Crippen LogP contribution in [0.3, 0.4) is 0 Å². The monoisotopic (exact) mass is 407 g/mol. The third kappa shape index (κ3) is 6.57. The third-order valence-corrected chi connectivity index (χ3v) is 3.80. The van der Waals surface area contributed by atoms with Gasteiger partial charge in [0.05, 0.1) is 15.6 Å². The Kier molecular flexibility index (Phi) is 8.77. The van der Waals surface area contributed by atoms with Crippen molar-refractivity contribution in [3.05, 3.63) is 26.6 Å². The molecule has 0 unspecified atom stereocenters. The second kappa shape index (κ2) is 9.77. The number of hydrogen-bond acceptors (Lipinski definition) is 3. The van der Waals surface area contributed by atoms with Crippen LogP contribution in [0, 0.1) is 5.92 Å². The van der Waals surface area contributed by atoms with Crippen LogP contribution in [0.25, 0.3) is 0 Å². The zero-order valence-electron chi connectivity index (χ0n) is 12.3. The van der Waals surface area contributed by atoms with Crippen molar-refractivity contribution >= 4 is 31.9 Å². The van der Waals surface area contributed by atoms with Crippen LogP contribution in [-0.4, -0.2) is 26.4 Å². The van der Waals surface area contributed by atoms with E-state index in [9.17, 15) is 0 Å². The Morgan fingerprint density at radius 2 is 1.80 bits per heavy atom. The molecule has 1 aromatic carbocycles. The maximum atomic E-state index is 5.73. The lowest BCUT2D eigenvalue weighted by Gasteiger charge is -2.13. The highest BCUT2D eigenvalue weighted by atomic mass is 79.9. The molecule has 0 aromatic heterocycles. The quantitative estimate of drug-likeness (QED) is 0.615. The average Bonchev–Trinajstić information content (AvgIpc) is 2.36. The molecule has 0 spiro atoms. The highest BCUT2D eigenvalue weighted by Gasteiger charge is 2.09. The van der Waals surface area contributed by atoms with Crippen molar-refractivity contribution in [2.24, 2.45) is 5.92 Å². The minimum Gasteiger partial charge on any atom is -0.489 e. The van der Waals surface area contributed by atoms with E-state index in [1.807, 2.05) is 6.92 Å². The van der Waals surface area contributed by atoms with Crippen LogP contribution in [0.5, 0.6) is 5.75 Å². The van der Waals surface area contributed by atoms with Gasteiger partial charge in [-0.3, -0.25) is 0 Å². The fraction of sp³-hybridized carbons (Fsp3) is 0.600. The predicted molar refractivity (Wildman–Crippen MR) is 90.4 cm³/mol. The van der Waals surface area contributed by atoms with Crippen molar-refractivity contribution in [1.29, 1.82) is 0 Å².